The molecule has 1 N–H and O–H groups in total. The van der Waals surface area contributed by atoms with E-state index in [4.69, 9.17) is 16.3 Å². The largest absolute Gasteiger partial charge is 0.481 e. The van der Waals surface area contributed by atoms with Crippen molar-refractivity contribution in [1.82, 2.24) is 4.98 Å². The van der Waals surface area contributed by atoms with Crippen molar-refractivity contribution in [2.75, 3.05) is 7.11 Å². The molecule has 0 aliphatic carbocycles. The van der Waals surface area contributed by atoms with Crippen LogP contribution in [0.5, 0.6) is 5.88 Å². The number of aromatic nitrogens is 1. The van der Waals surface area contributed by atoms with E-state index in [2.05, 4.69) is 4.98 Å². The predicted molar refractivity (Wildman–Crippen MR) is 75.6 cm³/mol. The topological polar surface area (TPSA) is 42.4 Å². The summed E-state index contributed by atoms with van der Waals surface area (Å²) in [5.41, 5.74) is 1.19. The van der Waals surface area contributed by atoms with E-state index >= 15 is 0 Å². The number of ether oxygens (including phenoxy) is 1. The standard InChI is InChI=1S/C15H15ClFNO2/c1-20-15-6-5-10(9-18-15)7-11(19)8-12-13(16)3-2-4-14(12)17/h2-6,9,11,19H,7-8H2,1H3. The minimum atomic E-state index is -0.723. The number of halogens is 2. The molecule has 0 fully saturated rings. The normalized spacial score (nSPS) is 12.2. The van der Waals surface area contributed by atoms with Crippen LogP contribution in [-0.4, -0.2) is 23.3 Å². The van der Waals surface area contributed by atoms with Crippen molar-refractivity contribution in [3.05, 3.63) is 58.5 Å². The summed E-state index contributed by atoms with van der Waals surface area (Å²) in [5.74, 6) is 0.116. The lowest BCUT2D eigenvalue weighted by molar-refractivity contribution is 0.174. The lowest BCUT2D eigenvalue weighted by Gasteiger charge is -2.12. The highest BCUT2D eigenvalue weighted by Gasteiger charge is 2.13. The zero-order valence-electron chi connectivity index (χ0n) is 11.0. The van der Waals surface area contributed by atoms with Gasteiger partial charge in [-0.15, -0.1) is 0 Å². The molecule has 0 spiro atoms. The summed E-state index contributed by atoms with van der Waals surface area (Å²) < 4.78 is 18.6. The number of hydrogen-bond donors (Lipinski definition) is 1. The molecule has 0 aliphatic heterocycles. The van der Waals surface area contributed by atoms with Gasteiger partial charge in [0.2, 0.25) is 5.88 Å². The van der Waals surface area contributed by atoms with Crippen LogP contribution in [0.15, 0.2) is 36.5 Å². The fourth-order valence-electron chi connectivity index (χ4n) is 1.96. The summed E-state index contributed by atoms with van der Waals surface area (Å²) in [6.07, 6.45) is 1.45. The third-order valence-corrected chi connectivity index (χ3v) is 3.33. The Bertz CT molecular complexity index is 554. The molecule has 3 nitrogen and oxygen atoms in total. The maximum Gasteiger partial charge on any atom is 0.212 e. The van der Waals surface area contributed by atoms with Crippen molar-refractivity contribution >= 4 is 11.6 Å². The molecule has 2 aromatic rings. The summed E-state index contributed by atoms with van der Waals surface area (Å²) in [6.45, 7) is 0. The van der Waals surface area contributed by atoms with Crippen LogP contribution in [0.1, 0.15) is 11.1 Å². The van der Waals surface area contributed by atoms with E-state index in [0.717, 1.165) is 5.56 Å². The highest BCUT2D eigenvalue weighted by Crippen LogP contribution is 2.21. The Labute approximate surface area is 122 Å². The minimum Gasteiger partial charge on any atom is -0.481 e. The number of rotatable bonds is 5. The maximum atomic E-state index is 13.6. The Hall–Kier alpha value is -1.65. The summed E-state index contributed by atoms with van der Waals surface area (Å²) >= 11 is 5.94. The highest BCUT2D eigenvalue weighted by atomic mass is 35.5. The third kappa shape index (κ3) is 3.68. The molecule has 1 aromatic carbocycles. The van der Waals surface area contributed by atoms with Gasteiger partial charge in [0.1, 0.15) is 5.82 Å². The van der Waals surface area contributed by atoms with Gasteiger partial charge in [0.05, 0.1) is 13.2 Å². The van der Waals surface area contributed by atoms with E-state index in [1.807, 2.05) is 6.07 Å². The Morgan fingerprint density at radius 1 is 1.30 bits per heavy atom. The van der Waals surface area contributed by atoms with Gasteiger partial charge in [-0.1, -0.05) is 23.7 Å². The third-order valence-electron chi connectivity index (χ3n) is 2.98. The molecule has 0 radical (unpaired) electrons. The fraction of sp³-hybridized carbons (Fsp3) is 0.267. The molecule has 2 rings (SSSR count). The molecule has 0 saturated carbocycles. The average Bonchev–Trinajstić information content (AvgIpc) is 2.44. The SMILES string of the molecule is COc1ccc(CC(O)Cc2c(F)cccc2Cl)cn1. The number of hydrogen-bond acceptors (Lipinski definition) is 3. The van der Waals surface area contributed by atoms with Gasteiger partial charge in [-0.2, -0.15) is 0 Å². The zero-order chi connectivity index (χ0) is 14.5. The molecular weight excluding hydrogens is 281 g/mol. The first kappa shape index (κ1) is 14.8. The van der Waals surface area contributed by atoms with Gasteiger partial charge in [-0.3, -0.25) is 0 Å². The van der Waals surface area contributed by atoms with Gasteiger partial charge in [0.25, 0.3) is 0 Å². The smallest absolute Gasteiger partial charge is 0.212 e. The van der Waals surface area contributed by atoms with Gasteiger partial charge in [-0.25, -0.2) is 9.37 Å². The molecule has 20 heavy (non-hydrogen) atoms. The number of methoxy groups -OCH3 is 1. The first-order valence-corrected chi connectivity index (χ1v) is 6.58. The van der Waals surface area contributed by atoms with Crippen molar-refractivity contribution in [1.29, 1.82) is 0 Å². The highest BCUT2D eigenvalue weighted by molar-refractivity contribution is 6.31. The number of aliphatic hydroxyl groups is 1. The van der Waals surface area contributed by atoms with Crippen LogP contribution in [0.2, 0.25) is 5.02 Å². The Morgan fingerprint density at radius 2 is 2.10 bits per heavy atom. The molecule has 5 heteroatoms. The average molecular weight is 296 g/mol. The van der Waals surface area contributed by atoms with E-state index in [9.17, 15) is 9.50 Å². The summed E-state index contributed by atoms with van der Waals surface area (Å²) in [5, 5.41) is 10.4. The Balaban J connectivity index is 2.03. The molecule has 0 amide bonds. The fourth-order valence-corrected chi connectivity index (χ4v) is 2.20. The van der Waals surface area contributed by atoms with Gasteiger partial charge in [0.15, 0.2) is 0 Å². The Morgan fingerprint density at radius 3 is 2.70 bits per heavy atom. The van der Waals surface area contributed by atoms with Gasteiger partial charge in [0, 0.05) is 35.7 Å². The lowest BCUT2D eigenvalue weighted by Crippen LogP contribution is -2.15. The van der Waals surface area contributed by atoms with Crippen LogP contribution in [0.25, 0.3) is 0 Å². The zero-order valence-corrected chi connectivity index (χ0v) is 11.8. The van der Waals surface area contributed by atoms with Gasteiger partial charge >= 0.3 is 0 Å². The maximum absolute atomic E-state index is 13.6. The summed E-state index contributed by atoms with van der Waals surface area (Å²) in [4.78, 5) is 4.06. The molecule has 1 atom stereocenters. The first-order valence-electron chi connectivity index (χ1n) is 6.20. The van der Waals surface area contributed by atoms with Crippen molar-refractivity contribution in [3.63, 3.8) is 0 Å². The summed E-state index contributed by atoms with van der Waals surface area (Å²) in [6, 6.07) is 8.03. The Kier molecular flexibility index (Phi) is 4.93. The second kappa shape index (κ2) is 6.68. The van der Waals surface area contributed by atoms with E-state index < -0.39 is 11.9 Å². The monoisotopic (exact) mass is 295 g/mol. The van der Waals surface area contributed by atoms with Crippen LogP contribution in [-0.2, 0) is 12.8 Å². The lowest BCUT2D eigenvalue weighted by atomic mass is 10.0. The van der Waals surface area contributed by atoms with Crippen LogP contribution in [0.3, 0.4) is 0 Å². The molecule has 1 heterocycles. The van der Waals surface area contributed by atoms with Crippen molar-refractivity contribution in [3.8, 4) is 5.88 Å². The number of nitrogens with zero attached hydrogens (tertiary/aromatic N) is 1. The van der Waals surface area contributed by atoms with Crippen molar-refractivity contribution in [2.45, 2.75) is 18.9 Å². The first-order chi connectivity index (χ1) is 9.60. The van der Waals surface area contributed by atoms with Gasteiger partial charge in [-0.05, 0) is 17.7 Å². The van der Waals surface area contributed by atoms with Crippen molar-refractivity contribution in [2.24, 2.45) is 0 Å². The molecular formula is C15H15ClFNO2. The van der Waals surface area contributed by atoms with Crippen molar-refractivity contribution < 1.29 is 14.2 Å². The van der Waals surface area contributed by atoms with E-state index in [-0.39, 0.29) is 6.42 Å². The summed E-state index contributed by atoms with van der Waals surface area (Å²) in [7, 11) is 1.54. The van der Waals surface area contributed by atoms with Crippen LogP contribution < -0.4 is 4.74 Å². The molecule has 1 aromatic heterocycles. The molecule has 0 bridgehead atoms. The molecule has 0 saturated heterocycles. The van der Waals surface area contributed by atoms with Gasteiger partial charge < -0.3 is 9.84 Å². The second-order valence-electron chi connectivity index (χ2n) is 4.47. The molecule has 106 valence electrons. The van der Waals surface area contributed by atoms with E-state index in [0.29, 0.717) is 22.9 Å². The quantitative estimate of drug-likeness (QED) is 0.922. The van der Waals surface area contributed by atoms with E-state index in [1.165, 1.54) is 13.2 Å². The minimum absolute atomic E-state index is 0.164. The molecule has 0 aliphatic rings. The second-order valence-corrected chi connectivity index (χ2v) is 4.88. The molecule has 1 unspecified atom stereocenters. The van der Waals surface area contributed by atoms with E-state index in [1.54, 1.807) is 24.4 Å². The van der Waals surface area contributed by atoms with Crippen LogP contribution in [0, 0.1) is 5.82 Å². The van der Waals surface area contributed by atoms with Crippen LogP contribution >= 0.6 is 11.6 Å². The van der Waals surface area contributed by atoms with Crippen LogP contribution in [0.4, 0.5) is 4.39 Å². The number of pyridine rings is 1. The number of benzene rings is 1. The predicted octanol–water partition coefficient (Wildman–Crippen LogP) is 3.03. The number of aliphatic hydroxyl groups excluding tert-OH is 1.